The summed E-state index contributed by atoms with van der Waals surface area (Å²) in [6.07, 6.45) is 3.04. The van der Waals surface area contributed by atoms with Crippen LogP contribution >= 0.6 is 0 Å². The van der Waals surface area contributed by atoms with Gasteiger partial charge in [0.2, 0.25) is 0 Å². The fourth-order valence-corrected chi connectivity index (χ4v) is 2.97. The normalized spacial score (nSPS) is 17.4. The summed E-state index contributed by atoms with van der Waals surface area (Å²) >= 11 is 0. The minimum atomic E-state index is 0.117. The van der Waals surface area contributed by atoms with Gasteiger partial charge in [0, 0.05) is 19.2 Å². The highest BCUT2D eigenvalue weighted by molar-refractivity contribution is 5.65. The van der Waals surface area contributed by atoms with Crippen molar-refractivity contribution < 1.29 is 4.74 Å². The third-order valence-corrected chi connectivity index (χ3v) is 4.46. The van der Waals surface area contributed by atoms with E-state index in [1.165, 1.54) is 18.0 Å². The van der Waals surface area contributed by atoms with Crippen LogP contribution in [-0.2, 0) is 4.74 Å². The highest BCUT2D eigenvalue weighted by Crippen LogP contribution is 2.26. The number of rotatable bonds is 4. The van der Waals surface area contributed by atoms with Gasteiger partial charge in [0.05, 0.1) is 30.8 Å². The Morgan fingerprint density at radius 1 is 1.22 bits per heavy atom. The first-order valence-electron chi connectivity index (χ1n) is 8.66. The number of hydrogen-bond acceptors (Lipinski definition) is 7. The van der Waals surface area contributed by atoms with Crippen molar-refractivity contribution in [1.29, 1.82) is 5.26 Å². The van der Waals surface area contributed by atoms with Crippen LogP contribution in [0.5, 0.6) is 0 Å². The van der Waals surface area contributed by atoms with Crippen LogP contribution in [0.4, 0.5) is 11.6 Å². The maximum Gasteiger partial charge on any atom is 0.158 e. The van der Waals surface area contributed by atoms with Gasteiger partial charge in [0.1, 0.15) is 11.9 Å². The molecule has 8 nitrogen and oxygen atoms in total. The first kappa shape index (κ1) is 17.1. The summed E-state index contributed by atoms with van der Waals surface area (Å²) < 4.78 is 5.86. The first-order chi connectivity index (χ1) is 13.2. The summed E-state index contributed by atoms with van der Waals surface area (Å²) in [4.78, 5) is 10.4. The van der Waals surface area contributed by atoms with Gasteiger partial charge in [-0.05, 0) is 18.2 Å². The molecule has 1 aliphatic heterocycles. The molecular formula is C19H19N7O. The summed E-state index contributed by atoms with van der Waals surface area (Å²) in [5, 5.41) is 19.1. The first-order valence-corrected chi connectivity index (χ1v) is 8.66. The molecular weight excluding hydrogens is 342 g/mol. The Labute approximate surface area is 156 Å². The molecule has 0 radical (unpaired) electrons. The van der Waals surface area contributed by atoms with Crippen LogP contribution in [0.3, 0.4) is 0 Å². The second-order valence-corrected chi connectivity index (χ2v) is 6.43. The molecule has 0 bridgehead atoms. The van der Waals surface area contributed by atoms with E-state index in [9.17, 15) is 0 Å². The molecule has 0 spiro atoms. The van der Waals surface area contributed by atoms with Crippen molar-refractivity contribution in [3.63, 3.8) is 0 Å². The van der Waals surface area contributed by atoms with Gasteiger partial charge in [0.15, 0.2) is 11.5 Å². The topological polar surface area (TPSA) is 103 Å². The molecule has 2 N–H and O–H groups in total. The summed E-state index contributed by atoms with van der Waals surface area (Å²) in [5.74, 6) is 1.16. The fourth-order valence-electron chi connectivity index (χ4n) is 2.97. The summed E-state index contributed by atoms with van der Waals surface area (Å²) in [6.45, 7) is 2.64. The van der Waals surface area contributed by atoms with Crippen molar-refractivity contribution in [2.45, 2.75) is 6.10 Å². The van der Waals surface area contributed by atoms with E-state index in [1.807, 2.05) is 12.1 Å². The molecule has 1 aromatic carbocycles. The maximum atomic E-state index is 8.76. The van der Waals surface area contributed by atoms with Crippen molar-refractivity contribution in [2.75, 3.05) is 32.1 Å². The Hall–Kier alpha value is -3.28. The van der Waals surface area contributed by atoms with Crippen molar-refractivity contribution in [2.24, 2.45) is 0 Å². The molecule has 8 heteroatoms. The Kier molecular flexibility index (Phi) is 4.78. The molecule has 0 saturated carbocycles. The molecule has 1 aliphatic rings. The van der Waals surface area contributed by atoms with E-state index >= 15 is 0 Å². The van der Waals surface area contributed by atoms with Gasteiger partial charge in [-0.15, -0.1) is 0 Å². The van der Waals surface area contributed by atoms with Crippen molar-refractivity contribution in [3.05, 3.63) is 54.0 Å². The summed E-state index contributed by atoms with van der Waals surface area (Å²) in [6, 6.07) is 12.2. The number of nitrogens with zero attached hydrogens (tertiary/aromatic N) is 5. The van der Waals surface area contributed by atoms with E-state index in [0.29, 0.717) is 11.6 Å². The number of likely N-dealkylation sites (N-methyl/N-ethyl adjacent to an activating group) is 1. The average Bonchev–Trinajstić information content (AvgIpc) is 3.17. The summed E-state index contributed by atoms with van der Waals surface area (Å²) in [7, 11) is 2.11. The zero-order valence-electron chi connectivity index (χ0n) is 14.9. The molecule has 0 aliphatic carbocycles. The third-order valence-electron chi connectivity index (χ3n) is 4.46. The van der Waals surface area contributed by atoms with E-state index in [-0.39, 0.29) is 11.8 Å². The van der Waals surface area contributed by atoms with E-state index in [4.69, 9.17) is 10.00 Å². The molecule has 3 heterocycles. The average molecular weight is 361 g/mol. The third kappa shape index (κ3) is 3.95. The van der Waals surface area contributed by atoms with Gasteiger partial charge in [-0.25, -0.2) is 9.97 Å². The van der Waals surface area contributed by atoms with Gasteiger partial charge in [-0.3, -0.25) is 5.10 Å². The molecule has 3 aromatic rings. The quantitative estimate of drug-likeness (QED) is 0.736. The van der Waals surface area contributed by atoms with Crippen molar-refractivity contribution in [1.82, 2.24) is 25.1 Å². The molecule has 4 rings (SSSR count). The Morgan fingerprint density at radius 3 is 2.78 bits per heavy atom. The van der Waals surface area contributed by atoms with Gasteiger partial charge >= 0.3 is 0 Å². The predicted molar refractivity (Wildman–Crippen MR) is 100 cm³/mol. The highest BCUT2D eigenvalue weighted by Gasteiger charge is 2.19. The van der Waals surface area contributed by atoms with Crippen LogP contribution < -0.4 is 5.32 Å². The fraction of sp³-hybridized carbons (Fsp3) is 0.263. The number of nitriles is 1. The number of anilines is 2. The number of ether oxygens (including phenoxy) is 1. The lowest BCUT2D eigenvalue weighted by atomic mass is 10.0. The largest absolute Gasteiger partial charge is 0.371 e. The van der Waals surface area contributed by atoms with Crippen LogP contribution in [0.25, 0.3) is 11.3 Å². The Morgan fingerprint density at radius 2 is 2.07 bits per heavy atom. The second kappa shape index (κ2) is 7.53. The second-order valence-electron chi connectivity index (χ2n) is 6.43. The standard InChI is InChI=1S/C19H19N7O/c1-26-6-7-27-17(12-26)14-4-2-13(3-5-14)16-8-18(25-24-16)23-19-11-21-15(9-20)10-22-19/h2-5,8,10-11,17H,6-7,12H2,1H3,(H2,22,23,24,25). The van der Waals surface area contributed by atoms with Crippen molar-refractivity contribution >= 4 is 11.6 Å². The van der Waals surface area contributed by atoms with Crippen LogP contribution in [0.2, 0.25) is 0 Å². The SMILES string of the molecule is CN1CCOC(c2ccc(-c3cc(Nc4cnc(C#N)cn4)n[nH]3)cc2)C1. The number of benzene rings is 1. The lowest BCUT2D eigenvalue weighted by Gasteiger charge is -2.30. The zero-order chi connectivity index (χ0) is 18.6. The molecule has 136 valence electrons. The van der Waals surface area contributed by atoms with Crippen LogP contribution in [0, 0.1) is 11.3 Å². The Bertz CT molecular complexity index is 943. The molecule has 1 fully saturated rings. The Balaban J connectivity index is 1.45. The monoisotopic (exact) mass is 361 g/mol. The molecule has 27 heavy (non-hydrogen) atoms. The number of morpholine rings is 1. The highest BCUT2D eigenvalue weighted by atomic mass is 16.5. The van der Waals surface area contributed by atoms with Crippen LogP contribution in [0.1, 0.15) is 17.4 Å². The van der Waals surface area contributed by atoms with E-state index < -0.39 is 0 Å². The van der Waals surface area contributed by atoms with Gasteiger partial charge < -0.3 is 15.0 Å². The van der Waals surface area contributed by atoms with Gasteiger partial charge in [-0.1, -0.05) is 24.3 Å². The molecule has 2 aromatic heterocycles. The lowest BCUT2D eigenvalue weighted by molar-refractivity contribution is -0.0208. The number of H-pyrrole nitrogens is 1. The van der Waals surface area contributed by atoms with Gasteiger partial charge in [0.25, 0.3) is 0 Å². The maximum absolute atomic E-state index is 8.76. The van der Waals surface area contributed by atoms with Crippen LogP contribution in [0.15, 0.2) is 42.7 Å². The van der Waals surface area contributed by atoms with Gasteiger partial charge in [-0.2, -0.15) is 10.4 Å². The van der Waals surface area contributed by atoms with Crippen LogP contribution in [-0.4, -0.2) is 51.8 Å². The number of nitrogens with one attached hydrogen (secondary N) is 2. The van der Waals surface area contributed by atoms with E-state index in [1.54, 1.807) is 0 Å². The minimum absolute atomic E-state index is 0.117. The summed E-state index contributed by atoms with van der Waals surface area (Å²) in [5.41, 5.74) is 3.38. The number of aromatic amines is 1. The predicted octanol–water partition coefficient (Wildman–Crippen LogP) is 2.49. The van der Waals surface area contributed by atoms with Crippen molar-refractivity contribution in [3.8, 4) is 17.3 Å². The smallest absolute Gasteiger partial charge is 0.158 e. The lowest BCUT2D eigenvalue weighted by Crippen LogP contribution is -2.35. The minimum Gasteiger partial charge on any atom is -0.371 e. The molecule has 1 unspecified atom stereocenters. The molecule has 1 atom stereocenters. The zero-order valence-corrected chi connectivity index (χ0v) is 14.9. The number of hydrogen-bond donors (Lipinski definition) is 2. The molecule has 1 saturated heterocycles. The van der Waals surface area contributed by atoms with E-state index in [2.05, 4.69) is 61.7 Å². The molecule has 0 amide bonds. The number of aromatic nitrogens is 4. The van der Waals surface area contributed by atoms with E-state index in [0.717, 1.165) is 31.0 Å².